The zero-order chi connectivity index (χ0) is 12.1. The van der Waals surface area contributed by atoms with Crippen molar-refractivity contribution >= 4 is 0 Å². The zero-order valence-electron chi connectivity index (χ0n) is 11.5. The fourth-order valence-corrected chi connectivity index (χ4v) is 3.47. The van der Waals surface area contributed by atoms with Gasteiger partial charge in [0.05, 0.1) is 0 Å². The number of hydrogen-bond acceptors (Lipinski definition) is 2. The molecule has 0 aromatic rings. The molecule has 0 aromatic carbocycles. The summed E-state index contributed by atoms with van der Waals surface area (Å²) in [4.78, 5) is 0. The molecule has 0 aliphatic heterocycles. The molecule has 2 fully saturated rings. The van der Waals surface area contributed by atoms with E-state index < -0.39 is 0 Å². The quantitative estimate of drug-likeness (QED) is 0.698. The summed E-state index contributed by atoms with van der Waals surface area (Å²) in [6, 6.07) is 0.821. The van der Waals surface area contributed by atoms with E-state index in [0.717, 1.165) is 18.5 Å². The number of rotatable bonds is 6. The van der Waals surface area contributed by atoms with Crippen LogP contribution in [0.2, 0.25) is 0 Å². The molecule has 0 radical (unpaired) electrons. The van der Waals surface area contributed by atoms with E-state index in [9.17, 15) is 0 Å². The smallest absolute Gasteiger partial charge is 0.00993 e. The van der Waals surface area contributed by atoms with Crippen molar-refractivity contribution in [1.29, 1.82) is 0 Å². The maximum atomic E-state index is 6.07. The highest BCUT2D eigenvalue weighted by atomic mass is 15.0. The maximum Gasteiger partial charge on any atom is 0.00993 e. The highest BCUT2D eigenvalue weighted by molar-refractivity contribution is 4.95. The molecular formula is C15H30N2. The molecule has 0 amide bonds. The fourth-order valence-electron chi connectivity index (χ4n) is 3.47. The van der Waals surface area contributed by atoms with Crippen molar-refractivity contribution < 1.29 is 0 Å². The van der Waals surface area contributed by atoms with Crippen LogP contribution in [0.5, 0.6) is 0 Å². The highest BCUT2D eigenvalue weighted by Gasteiger charge is 2.38. The lowest BCUT2D eigenvalue weighted by Gasteiger charge is -2.32. The van der Waals surface area contributed by atoms with Crippen LogP contribution in [0, 0.1) is 11.3 Å². The normalized spacial score (nSPS) is 32.1. The van der Waals surface area contributed by atoms with Gasteiger partial charge in [-0.15, -0.1) is 0 Å². The van der Waals surface area contributed by atoms with Crippen molar-refractivity contribution in [2.75, 3.05) is 13.1 Å². The molecule has 2 heteroatoms. The van der Waals surface area contributed by atoms with E-state index in [1.54, 1.807) is 0 Å². The van der Waals surface area contributed by atoms with Crippen LogP contribution >= 0.6 is 0 Å². The van der Waals surface area contributed by atoms with Crippen molar-refractivity contribution in [2.45, 2.75) is 70.8 Å². The molecule has 100 valence electrons. The standard InChI is InChI=1S/C15H30N2/c1-2-7-13-10-14(13)17-12-15(11-16)8-5-3-4-6-9-15/h13-14,17H,2-12,16H2,1H3. The Kier molecular flexibility index (Phi) is 4.87. The van der Waals surface area contributed by atoms with Crippen LogP contribution in [0.15, 0.2) is 0 Å². The van der Waals surface area contributed by atoms with E-state index in [0.29, 0.717) is 5.41 Å². The second-order valence-corrected chi connectivity index (χ2v) is 6.39. The molecule has 2 unspecified atom stereocenters. The first kappa shape index (κ1) is 13.4. The van der Waals surface area contributed by atoms with Gasteiger partial charge < -0.3 is 11.1 Å². The third kappa shape index (κ3) is 3.69. The van der Waals surface area contributed by atoms with E-state index in [1.165, 1.54) is 64.3 Å². The van der Waals surface area contributed by atoms with Crippen LogP contribution in [-0.4, -0.2) is 19.1 Å². The average molecular weight is 238 g/mol. The van der Waals surface area contributed by atoms with Gasteiger partial charge in [-0.25, -0.2) is 0 Å². The Hall–Kier alpha value is -0.0800. The molecule has 0 spiro atoms. The van der Waals surface area contributed by atoms with Gasteiger partial charge in [0.15, 0.2) is 0 Å². The summed E-state index contributed by atoms with van der Waals surface area (Å²) >= 11 is 0. The first-order valence-corrected chi connectivity index (χ1v) is 7.73. The Morgan fingerprint density at radius 3 is 2.47 bits per heavy atom. The van der Waals surface area contributed by atoms with E-state index >= 15 is 0 Å². The summed E-state index contributed by atoms with van der Waals surface area (Å²) in [5, 5.41) is 3.80. The molecule has 2 aliphatic carbocycles. The Bertz CT molecular complexity index is 219. The second kappa shape index (κ2) is 6.19. The molecule has 0 saturated heterocycles. The van der Waals surface area contributed by atoms with Crippen LogP contribution in [-0.2, 0) is 0 Å². The molecule has 0 aromatic heterocycles. The molecule has 2 saturated carbocycles. The number of hydrogen-bond donors (Lipinski definition) is 2. The summed E-state index contributed by atoms with van der Waals surface area (Å²) in [6.07, 6.45) is 12.5. The largest absolute Gasteiger partial charge is 0.330 e. The number of nitrogens with one attached hydrogen (secondary N) is 1. The Morgan fingerprint density at radius 1 is 1.18 bits per heavy atom. The predicted molar refractivity (Wildman–Crippen MR) is 74.0 cm³/mol. The minimum Gasteiger partial charge on any atom is -0.330 e. The Balaban J connectivity index is 1.75. The van der Waals surface area contributed by atoms with Gasteiger partial charge in [0.2, 0.25) is 0 Å². The topological polar surface area (TPSA) is 38.0 Å². The van der Waals surface area contributed by atoms with Gasteiger partial charge in [-0.3, -0.25) is 0 Å². The highest BCUT2D eigenvalue weighted by Crippen LogP contribution is 2.37. The summed E-state index contributed by atoms with van der Waals surface area (Å²) in [6.45, 7) is 4.35. The molecule has 0 bridgehead atoms. The molecule has 2 nitrogen and oxygen atoms in total. The molecular weight excluding hydrogens is 208 g/mol. The first-order valence-electron chi connectivity index (χ1n) is 7.73. The van der Waals surface area contributed by atoms with Crippen molar-refractivity contribution in [2.24, 2.45) is 17.1 Å². The van der Waals surface area contributed by atoms with Crippen molar-refractivity contribution in [1.82, 2.24) is 5.32 Å². The van der Waals surface area contributed by atoms with Gasteiger partial charge in [-0.2, -0.15) is 0 Å². The maximum absolute atomic E-state index is 6.07. The SMILES string of the molecule is CCCC1CC1NCC1(CN)CCCCCC1. The van der Waals surface area contributed by atoms with Crippen molar-refractivity contribution in [3.05, 3.63) is 0 Å². The predicted octanol–water partition coefficient (Wildman–Crippen LogP) is 3.06. The van der Waals surface area contributed by atoms with E-state index in [1.807, 2.05) is 0 Å². The van der Waals surface area contributed by atoms with Gasteiger partial charge in [0, 0.05) is 12.6 Å². The summed E-state index contributed by atoms with van der Waals surface area (Å²) in [5.74, 6) is 0.973. The van der Waals surface area contributed by atoms with Gasteiger partial charge in [-0.05, 0) is 43.6 Å². The molecule has 2 aliphatic rings. The Labute approximate surface area is 107 Å². The van der Waals surface area contributed by atoms with Crippen LogP contribution in [0.4, 0.5) is 0 Å². The van der Waals surface area contributed by atoms with E-state index in [2.05, 4.69) is 12.2 Å². The minimum atomic E-state index is 0.426. The molecule has 17 heavy (non-hydrogen) atoms. The van der Waals surface area contributed by atoms with Gasteiger partial charge >= 0.3 is 0 Å². The molecule has 2 rings (SSSR count). The van der Waals surface area contributed by atoms with Crippen LogP contribution in [0.3, 0.4) is 0 Å². The van der Waals surface area contributed by atoms with Gasteiger partial charge in [-0.1, -0.05) is 39.0 Å². The fraction of sp³-hybridized carbons (Fsp3) is 1.00. The van der Waals surface area contributed by atoms with E-state index in [-0.39, 0.29) is 0 Å². The summed E-state index contributed by atoms with van der Waals surface area (Å²) < 4.78 is 0. The Morgan fingerprint density at radius 2 is 1.88 bits per heavy atom. The molecule has 0 heterocycles. The van der Waals surface area contributed by atoms with Crippen molar-refractivity contribution in [3.8, 4) is 0 Å². The van der Waals surface area contributed by atoms with E-state index in [4.69, 9.17) is 5.73 Å². The lowest BCUT2D eigenvalue weighted by Crippen LogP contribution is -2.41. The molecule has 2 atom stereocenters. The van der Waals surface area contributed by atoms with Crippen LogP contribution in [0.25, 0.3) is 0 Å². The van der Waals surface area contributed by atoms with Gasteiger partial charge in [0.1, 0.15) is 0 Å². The average Bonchev–Trinajstić information content (AvgIpc) is 3.11. The second-order valence-electron chi connectivity index (χ2n) is 6.39. The first-order chi connectivity index (χ1) is 8.29. The minimum absolute atomic E-state index is 0.426. The lowest BCUT2D eigenvalue weighted by molar-refractivity contribution is 0.240. The van der Waals surface area contributed by atoms with Crippen molar-refractivity contribution in [3.63, 3.8) is 0 Å². The summed E-state index contributed by atoms with van der Waals surface area (Å²) in [5.41, 5.74) is 6.49. The van der Waals surface area contributed by atoms with Crippen LogP contribution in [0.1, 0.15) is 64.7 Å². The lowest BCUT2D eigenvalue weighted by atomic mass is 9.80. The number of nitrogens with two attached hydrogens (primary N) is 1. The third-order valence-electron chi connectivity index (χ3n) is 4.92. The van der Waals surface area contributed by atoms with Gasteiger partial charge in [0.25, 0.3) is 0 Å². The third-order valence-corrected chi connectivity index (χ3v) is 4.92. The molecule has 3 N–H and O–H groups in total. The zero-order valence-corrected chi connectivity index (χ0v) is 11.5. The summed E-state index contributed by atoms with van der Waals surface area (Å²) in [7, 11) is 0. The van der Waals surface area contributed by atoms with Crippen LogP contribution < -0.4 is 11.1 Å². The monoisotopic (exact) mass is 238 g/mol.